The third-order valence-electron chi connectivity index (χ3n) is 3.91. The zero-order valence-electron chi connectivity index (χ0n) is 12.7. The fourth-order valence-electron chi connectivity index (χ4n) is 2.59. The lowest BCUT2D eigenvalue weighted by Crippen LogP contribution is -2.33. The van der Waals surface area contributed by atoms with Gasteiger partial charge in [-0.25, -0.2) is 14.2 Å². The Morgan fingerprint density at radius 3 is 2.92 bits per heavy atom. The van der Waals surface area contributed by atoms with Crippen molar-refractivity contribution in [1.29, 1.82) is 0 Å². The number of anilines is 1. The normalized spacial score (nSPS) is 17.0. The number of nitrogens with one attached hydrogen (secondary N) is 1. The van der Waals surface area contributed by atoms with Gasteiger partial charge in [0.15, 0.2) is 5.13 Å². The largest absolute Gasteiger partial charge is 0.481 e. The summed E-state index contributed by atoms with van der Waals surface area (Å²) in [6, 6.07) is 6.17. The van der Waals surface area contributed by atoms with Crippen molar-refractivity contribution in [3.8, 4) is 0 Å². The van der Waals surface area contributed by atoms with Crippen LogP contribution in [0.5, 0.6) is 0 Å². The number of urea groups is 1. The first-order valence-corrected chi connectivity index (χ1v) is 8.31. The summed E-state index contributed by atoms with van der Waals surface area (Å²) in [6.45, 7) is 0.616. The molecule has 1 fully saturated rings. The molecule has 0 radical (unpaired) electrons. The SMILES string of the molecule is O=C(O)[C@@H]1CCN(C(=O)Nc2ncc(Cc3ccccc3F)s2)C1. The van der Waals surface area contributed by atoms with E-state index in [1.54, 1.807) is 24.4 Å². The molecule has 1 aliphatic heterocycles. The lowest BCUT2D eigenvalue weighted by atomic mass is 10.1. The highest BCUT2D eigenvalue weighted by Crippen LogP contribution is 2.23. The molecule has 0 unspecified atom stereocenters. The molecule has 126 valence electrons. The summed E-state index contributed by atoms with van der Waals surface area (Å²) in [5.41, 5.74) is 0.572. The van der Waals surface area contributed by atoms with Crippen molar-refractivity contribution in [2.75, 3.05) is 18.4 Å². The van der Waals surface area contributed by atoms with Gasteiger partial charge in [0.2, 0.25) is 0 Å². The summed E-state index contributed by atoms with van der Waals surface area (Å²) in [7, 11) is 0. The van der Waals surface area contributed by atoms with Crippen LogP contribution in [0.2, 0.25) is 0 Å². The average Bonchev–Trinajstić information content (AvgIpc) is 3.19. The molecular weight excluding hydrogens is 333 g/mol. The van der Waals surface area contributed by atoms with Crippen molar-refractivity contribution in [2.24, 2.45) is 5.92 Å². The molecule has 8 heteroatoms. The predicted octanol–water partition coefficient (Wildman–Crippen LogP) is 2.81. The van der Waals surface area contributed by atoms with Crippen molar-refractivity contribution < 1.29 is 19.1 Å². The van der Waals surface area contributed by atoms with Crippen LogP contribution in [0.4, 0.5) is 14.3 Å². The second kappa shape index (κ2) is 6.96. The van der Waals surface area contributed by atoms with Gasteiger partial charge >= 0.3 is 12.0 Å². The van der Waals surface area contributed by atoms with E-state index in [4.69, 9.17) is 5.11 Å². The Morgan fingerprint density at radius 1 is 1.42 bits per heavy atom. The Labute approximate surface area is 141 Å². The van der Waals surface area contributed by atoms with Crippen LogP contribution in [0.15, 0.2) is 30.5 Å². The number of thiazole rings is 1. The van der Waals surface area contributed by atoms with Crippen LogP contribution in [0.25, 0.3) is 0 Å². The molecule has 1 saturated heterocycles. The van der Waals surface area contributed by atoms with Gasteiger partial charge in [0.25, 0.3) is 0 Å². The van der Waals surface area contributed by atoms with Crippen molar-refractivity contribution in [1.82, 2.24) is 9.88 Å². The highest BCUT2D eigenvalue weighted by molar-refractivity contribution is 7.15. The summed E-state index contributed by atoms with van der Waals surface area (Å²) in [4.78, 5) is 29.5. The van der Waals surface area contributed by atoms with E-state index in [1.165, 1.54) is 22.3 Å². The molecule has 0 aliphatic carbocycles. The summed E-state index contributed by atoms with van der Waals surface area (Å²) >= 11 is 1.28. The van der Waals surface area contributed by atoms with Gasteiger partial charge in [-0.2, -0.15) is 0 Å². The minimum absolute atomic E-state index is 0.203. The number of halogens is 1. The first-order valence-electron chi connectivity index (χ1n) is 7.50. The molecule has 2 N–H and O–H groups in total. The quantitative estimate of drug-likeness (QED) is 0.889. The number of benzene rings is 1. The van der Waals surface area contributed by atoms with E-state index >= 15 is 0 Å². The molecule has 0 bridgehead atoms. The number of carbonyl (C=O) groups excluding carboxylic acids is 1. The zero-order valence-corrected chi connectivity index (χ0v) is 13.6. The third-order valence-corrected chi connectivity index (χ3v) is 4.83. The number of carbonyl (C=O) groups is 2. The minimum atomic E-state index is -0.883. The van der Waals surface area contributed by atoms with Gasteiger partial charge in [0, 0.05) is 30.6 Å². The van der Waals surface area contributed by atoms with Crippen LogP contribution in [0.1, 0.15) is 16.9 Å². The molecule has 2 amide bonds. The minimum Gasteiger partial charge on any atom is -0.481 e. The maximum atomic E-state index is 13.7. The molecule has 1 aromatic carbocycles. The number of rotatable bonds is 4. The van der Waals surface area contributed by atoms with Crippen molar-refractivity contribution in [2.45, 2.75) is 12.8 Å². The Bertz CT molecular complexity index is 765. The van der Waals surface area contributed by atoms with E-state index in [-0.39, 0.29) is 18.4 Å². The third kappa shape index (κ3) is 3.70. The van der Waals surface area contributed by atoms with E-state index in [2.05, 4.69) is 10.3 Å². The maximum absolute atomic E-state index is 13.7. The van der Waals surface area contributed by atoms with E-state index in [9.17, 15) is 14.0 Å². The van der Waals surface area contributed by atoms with Gasteiger partial charge < -0.3 is 10.0 Å². The lowest BCUT2D eigenvalue weighted by molar-refractivity contribution is -0.141. The topological polar surface area (TPSA) is 82.5 Å². The van der Waals surface area contributed by atoms with Gasteiger partial charge in [-0.3, -0.25) is 10.1 Å². The fraction of sp³-hybridized carbons (Fsp3) is 0.312. The highest BCUT2D eigenvalue weighted by atomic mass is 32.1. The van der Waals surface area contributed by atoms with Gasteiger partial charge in [-0.05, 0) is 18.1 Å². The Balaban J connectivity index is 1.59. The number of aliphatic carboxylic acids is 1. The average molecular weight is 349 g/mol. The summed E-state index contributed by atoms with van der Waals surface area (Å²) in [5, 5.41) is 12.1. The van der Waals surface area contributed by atoms with Crippen LogP contribution >= 0.6 is 11.3 Å². The Kier molecular flexibility index (Phi) is 4.75. The fourth-order valence-corrected chi connectivity index (χ4v) is 3.42. The first-order chi connectivity index (χ1) is 11.5. The smallest absolute Gasteiger partial charge is 0.323 e. The molecule has 2 aromatic rings. The monoisotopic (exact) mass is 349 g/mol. The van der Waals surface area contributed by atoms with Gasteiger partial charge in [-0.1, -0.05) is 18.2 Å². The Morgan fingerprint density at radius 2 is 2.21 bits per heavy atom. The second-order valence-electron chi connectivity index (χ2n) is 5.60. The second-order valence-corrected chi connectivity index (χ2v) is 6.72. The highest BCUT2D eigenvalue weighted by Gasteiger charge is 2.31. The van der Waals surface area contributed by atoms with Crippen LogP contribution < -0.4 is 5.32 Å². The number of nitrogens with zero attached hydrogens (tertiary/aromatic N) is 2. The number of hydrogen-bond acceptors (Lipinski definition) is 4. The van der Waals surface area contributed by atoms with E-state index in [1.807, 2.05) is 0 Å². The standard InChI is InChI=1S/C16H16FN3O3S/c17-13-4-2-1-3-10(13)7-12-8-18-15(24-12)19-16(23)20-6-5-11(9-20)14(21)22/h1-4,8,11H,5-7,9H2,(H,21,22)(H,18,19,23)/t11-/m1/s1. The molecule has 24 heavy (non-hydrogen) atoms. The number of amides is 2. The molecule has 1 aromatic heterocycles. The van der Waals surface area contributed by atoms with Crippen LogP contribution in [0, 0.1) is 11.7 Å². The molecule has 3 rings (SSSR count). The summed E-state index contributed by atoms with van der Waals surface area (Å²) < 4.78 is 13.7. The predicted molar refractivity (Wildman–Crippen MR) is 87.7 cm³/mol. The number of carboxylic acid groups (broad SMARTS) is 1. The molecule has 6 nitrogen and oxygen atoms in total. The Hall–Kier alpha value is -2.48. The lowest BCUT2D eigenvalue weighted by Gasteiger charge is -2.15. The van der Waals surface area contributed by atoms with Crippen molar-refractivity contribution in [3.05, 3.63) is 46.7 Å². The summed E-state index contributed by atoms with van der Waals surface area (Å²) in [5.74, 6) is -1.66. The van der Waals surface area contributed by atoms with E-state index in [0.717, 1.165) is 4.88 Å². The number of hydrogen-bond donors (Lipinski definition) is 2. The van der Waals surface area contributed by atoms with E-state index in [0.29, 0.717) is 30.1 Å². The molecule has 0 saturated carbocycles. The summed E-state index contributed by atoms with van der Waals surface area (Å²) in [6.07, 6.45) is 2.47. The van der Waals surface area contributed by atoms with Crippen LogP contribution in [-0.2, 0) is 11.2 Å². The van der Waals surface area contributed by atoms with Gasteiger partial charge in [-0.15, -0.1) is 11.3 Å². The zero-order chi connectivity index (χ0) is 17.1. The molecule has 0 spiro atoms. The molecule has 1 aliphatic rings. The van der Waals surface area contributed by atoms with Crippen molar-refractivity contribution >= 4 is 28.5 Å². The van der Waals surface area contributed by atoms with Gasteiger partial charge in [0.1, 0.15) is 5.82 Å². The first kappa shape index (κ1) is 16.4. The van der Waals surface area contributed by atoms with Gasteiger partial charge in [0.05, 0.1) is 5.92 Å². The molecule has 2 heterocycles. The number of carboxylic acids is 1. The van der Waals surface area contributed by atoms with Crippen LogP contribution in [-0.4, -0.2) is 40.1 Å². The maximum Gasteiger partial charge on any atom is 0.323 e. The van der Waals surface area contributed by atoms with Crippen LogP contribution in [0.3, 0.4) is 0 Å². The number of likely N-dealkylation sites (tertiary alicyclic amines) is 1. The molecular formula is C16H16FN3O3S. The molecule has 1 atom stereocenters. The van der Waals surface area contributed by atoms with E-state index < -0.39 is 11.9 Å². The van der Waals surface area contributed by atoms with Crippen molar-refractivity contribution in [3.63, 3.8) is 0 Å². The number of aromatic nitrogens is 1.